The first-order valence-electron chi connectivity index (χ1n) is 12.1. The fraction of sp³-hybridized carbons (Fsp3) is 0. The van der Waals surface area contributed by atoms with Crippen LogP contribution >= 0.6 is 23.2 Å². The van der Waals surface area contributed by atoms with Gasteiger partial charge >= 0.3 is 0 Å². The third-order valence-electron chi connectivity index (χ3n) is 7.68. The molecule has 0 radical (unpaired) electrons. The van der Waals surface area contributed by atoms with E-state index in [1.165, 1.54) is 0 Å². The third kappa shape index (κ3) is 2.40. The van der Waals surface area contributed by atoms with Crippen LogP contribution in [0.25, 0.3) is 65.4 Å². The van der Waals surface area contributed by atoms with E-state index in [0.29, 0.717) is 11.0 Å². The van der Waals surface area contributed by atoms with Crippen LogP contribution in [-0.4, -0.2) is 8.80 Å². The first-order valence-corrected chi connectivity index (χ1v) is 12.8. The summed E-state index contributed by atoms with van der Waals surface area (Å²) < 4.78 is 4.23. The molecule has 176 valence electrons. The van der Waals surface area contributed by atoms with Crippen molar-refractivity contribution in [1.82, 2.24) is 8.80 Å². The van der Waals surface area contributed by atoms with Crippen molar-refractivity contribution in [2.75, 3.05) is 0 Å². The number of nitrogens with zero attached hydrogens (tertiary/aromatic N) is 4. The lowest BCUT2D eigenvalue weighted by Gasteiger charge is -2.15. The largest absolute Gasteiger partial charge is 0.305 e. The molecule has 8 rings (SSSR count). The van der Waals surface area contributed by atoms with Gasteiger partial charge in [-0.15, -0.1) is 0 Å². The molecule has 3 heterocycles. The molecule has 0 saturated carbocycles. The molecular formula is C32H14Cl2N4. The van der Waals surface area contributed by atoms with E-state index in [4.69, 9.17) is 23.2 Å². The normalized spacial score (nSPS) is 11.9. The van der Waals surface area contributed by atoms with Gasteiger partial charge in [-0.05, 0) is 12.1 Å². The van der Waals surface area contributed by atoms with Gasteiger partial charge in [-0.2, -0.15) is 10.5 Å². The first-order chi connectivity index (χ1) is 18.7. The van der Waals surface area contributed by atoms with Crippen molar-refractivity contribution in [2.24, 2.45) is 0 Å². The number of hydrogen-bond acceptors (Lipinski definition) is 2. The molecule has 0 fully saturated rings. The second-order valence-electron chi connectivity index (χ2n) is 9.41. The molecule has 0 saturated heterocycles. The zero-order valence-corrected chi connectivity index (χ0v) is 21.1. The maximum absolute atomic E-state index is 10.1. The zero-order valence-electron chi connectivity index (χ0n) is 19.6. The van der Waals surface area contributed by atoms with Crippen LogP contribution in [-0.2, 0) is 0 Å². The topological polar surface area (TPSA) is 56.4 Å². The molecule has 8 aromatic rings. The highest BCUT2D eigenvalue weighted by atomic mass is 35.5. The van der Waals surface area contributed by atoms with Gasteiger partial charge in [-0.3, -0.25) is 0 Å². The van der Waals surface area contributed by atoms with Crippen LogP contribution in [0.1, 0.15) is 11.1 Å². The van der Waals surface area contributed by atoms with E-state index in [9.17, 15) is 10.5 Å². The second kappa shape index (κ2) is 7.40. The van der Waals surface area contributed by atoms with E-state index < -0.39 is 0 Å². The first kappa shape index (κ1) is 21.4. The molecule has 0 aliphatic heterocycles. The van der Waals surface area contributed by atoms with Crippen LogP contribution in [0.3, 0.4) is 0 Å². The third-order valence-corrected chi connectivity index (χ3v) is 8.42. The maximum Gasteiger partial charge on any atom is 0.102 e. The average molecular weight is 525 g/mol. The summed E-state index contributed by atoms with van der Waals surface area (Å²) in [5, 5.41) is 27.0. The van der Waals surface area contributed by atoms with Crippen molar-refractivity contribution in [3.63, 3.8) is 0 Å². The zero-order chi connectivity index (χ0) is 25.7. The van der Waals surface area contributed by atoms with Crippen molar-refractivity contribution in [1.29, 1.82) is 10.5 Å². The lowest BCUT2D eigenvalue weighted by Crippen LogP contribution is -2.00. The summed E-state index contributed by atoms with van der Waals surface area (Å²) >= 11 is 14.3. The summed E-state index contributed by atoms with van der Waals surface area (Å²) in [5.74, 6) is 0. The Morgan fingerprint density at radius 2 is 0.789 bits per heavy atom. The van der Waals surface area contributed by atoms with Crippen molar-refractivity contribution in [3.8, 4) is 12.1 Å². The SMILES string of the molecule is N#Cc1c(C#N)c(Cl)c2c(c1Cl)n1c3ccccc3c3cccc(c4cccc5c6ccccc6n2c54)c31. The van der Waals surface area contributed by atoms with Gasteiger partial charge < -0.3 is 8.80 Å². The predicted molar refractivity (Wildman–Crippen MR) is 155 cm³/mol. The van der Waals surface area contributed by atoms with Crippen LogP contribution in [0.4, 0.5) is 0 Å². The fourth-order valence-corrected chi connectivity index (χ4v) is 6.84. The lowest BCUT2D eigenvalue weighted by atomic mass is 10.0. The average Bonchev–Trinajstić information content (AvgIpc) is 3.46. The van der Waals surface area contributed by atoms with Gasteiger partial charge in [0.2, 0.25) is 0 Å². The molecule has 0 aliphatic carbocycles. The maximum atomic E-state index is 10.1. The molecule has 3 aromatic heterocycles. The van der Waals surface area contributed by atoms with Crippen LogP contribution in [0.15, 0.2) is 84.9 Å². The number of halogens is 2. The Morgan fingerprint density at radius 3 is 1.18 bits per heavy atom. The number of fused-ring (bicyclic) bond motifs is 10. The van der Waals surface area contributed by atoms with E-state index in [0.717, 1.165) is 54.4 Å². The molecule has 38 heavy (non-hydrogen) atoms. The summed E-state index contributed by atoms with van der Waals surface area (Å²) in [6.07, 6.45) is 0. The van der Waals surface area contributed by atoms with Crippen LogP contribution in [0.5, 0.6) is 0 Å². The molecule has 0 atom stereocenters. The van der Waals surface area contributed by atoms with Gasteiger partial charge in [0.1, 0.15) is 12.1 Å². The Bertz CT molecular complexity index is 2280. The van der Waals surface area contributed by atoms with Crippen LogP contribution < -0.4 is 0 Å². The van der Waals surface area contributed by atoms with E-state index in [-0.39, 0.29) is 21.2 Å². The molecule has 6 heteroatoms. The molecule has 0 aliphatic rings. The van der Waals surface area contributed by atoms with Crippen LogP contribution in [0, 0.1) is 22.7 Å². The molecule has 0 N–H and O–H groups in total. The second-order valence-corrected chi connectivity index (χ2v) is 10.2. The highest BCUT2D eigenvalue weighted by molar-refractivity contribution is 6.42. The Hall–Kier alpha value is -4.74. The Morgan fingerprint density at radius 1 is 0.447 bits per heavy atom. The smallest absolute Gasteiger partial charge is 0.102 e. The van der Waals surface area contributed by atoms with Crippen molar-refractivity contribution >= 4 is 88.6 Å². The monoisotopic (exact) mass is 524 g/mol. The van der Waals surface area contributed by atoms with Crippen LogP contribution in [0.2, 0.25) is 10.0 Å². The van der Waals surface area contributed by atoms with Crippen molar-refractivity contribution < 1.29 is 0 Å². The Kier molecular flexibility index (Phi) is 4.16. The quantitative estimate of drug-likeness (QED) is 0.198. The number of aromatic nitrogens is 2. The number of rotatable bonds is 0. The van der Waals surface area contributed by atoms with E-state index in [2.05, 4.69) is 69.5 Å². The summed E-state index contributed by atoms with van der Waals surface area (Å²) in [7, 11) is 0. The number of benzene rings is 5. The fourth-order valence-electron chi connectivity index (χ4n) is 6.22. The standard InChI is InChI=1S/C32H14Cl2N4/c33-27-23(15-35)24(16-36)28(34)32-31(27)37-25-13-3-1-7-17(25)19-9-5-11-21(29(19)37)22-12-6-10-20-18-8-2-4-14-26(18)38(32)30(20)22/h1-14H. The minimum atomic E-state index is 0.0721. The van der Waals surface area contributed by atoms with Crippen molar-refractivity contribution in [2.45, 2.75) is 0 Å². The minimum Gasteiger partial charge on any atom is -0.305 e. The molecular weight excluding hydrogens is 511 g/mol. The molecule has 0 bridgehead atoms. The van der Waals surface area contributed by atoms with Crippen molar-refractivity contribution in [3.05, 3.63) is 106 Å². The van der Waals surface area contributed by atoms with Gasteiger partial charge in [-0.25, -0.2) is 0 Å². The van der Waals surface area contributed by atoms with Gasteiger partial charge in [0.15, 0.2) is 0 Å². The highest BCUT2D eigenvalue weighted by Crippen LogP contribution is 2.44. The lowest BCUT2D eigenvalue weighted by molar-refractivity contribution is 1.28. The molecule has 0 spiro atoms. The summed E-state index contributed by atoms with van der Waals surface area (Å²) in [6.45, 7) is 0. The Balaban J connectivity index is 1.95. The van der Waals surface area contributed by atoms with Gasteiger partial charge in [0.05, 0.1) is 54.3 Å². The molecule has 4 nitrogen and oxygen atoms in total. The van der Waals surface area contributed by atoms with E-state index in [1.807, 2.05) is 36.4 Å². The molecule has 5 aromatic carbocycles. The van der Waals surface area contributed by atoms with E-state index >= 15 is 0 Å². The van der Waals surface area contributed by atoms with Gasteiger partial charge in [0, 0.05) is 32.3 Å². The number of nitriles is 2. The summed E-state index contributed by atoms with van der Waals surface area (Å²) in [5.41, 5.74) is 5.15. The number of para-hydroxylation sites is 4. The summed E-state index contributed by atoms with van der Waals surface area (Å²) in [6, 6.07) is 33.2. The minimum absolute atomic E-state index is 0.0721. The summed E-state index contributed by atoms with van der Waals surface area (Å²) in [4.78, 5) is 0. The highest BCUT2D eigenvalue weighted by Gasteiger charge is 2.25. The molecule has 0 amide bonds. The van der Waals surface area contributed by atoms with Gasteiger partial charge in [-0.1, -0.05) is 96.0 Å². The van der Waals surface area contributed by atoms with E-state index in [1.54, 1.807) is 0 Å². The van der Waals surface area contributed by atoms with Gasteiger partial charge in [0.25, 0.3) is 0 Å². The molecule has 0 unspecified atom stereocenters. The Labute approximate surface area is 225 Å². The predicted octanol–water partition coefficient (Wildman–Crippen LogP) is 9.01. The number of hydrogen-bond donors (Lipinski definition) is 0.